The number of nitrogens with one attached hydrogen (secondary N) is 1. The third kappa shape index (κ3) is 3.55. The highest BCUT2D eigenvalue weighted by Crippen LogP contribution is 2.28. The topological polar surface area (TPSA) is 37.4 Å². The second kappa shape index (κ2) is 6.75. The molecule has 0 amide bonds. The predicted octanol–water partition coefficient (Wildman–Crippen LogP) is 2.69. The summed E-state index contributed by atoms with van der Waals surface area (Å²) >= 11 is 0. The van der Waals surface area contributed by atoms with Crippen LogP contribution in [0.15, 0.2) is 18.3 Å². The van der Waals surface area contributed by atoms with E-state index in [9.17, 15) is 0 Å². The van der Waals surface area contributed by atoms with Crippen molar-refractivity contribution in [3.05, 3.63) is 23.9 Å². The van der Waals surface area contributed by atoms with Crippen LogP contribution < -0.4 is 10.1 Å². The minimum atomic E-state index is 0.187. The fourth-order valence-corrected chi connectivity index (χ4v) is 2.97. The molecule has 4 nitrogen and oxygen atoms in total. The summed E-state index contributed by atoms with van der Waals surface area (Å²) in [4.78, 5) is 6.92. The van der Waals surface area contributed by atoms with E-state index in [1.54, 1.807) is 13.3 Å². The van der Waals surface area contributed by atoms with Gasteiger partial charge in [0.15, 0.2) is 0 Å². The Morgan fingerprint density at radius 2 is 2.29 bits per heavy atom. The second-order valence-corrected chi connectivity index (χ2v) is 6.63. The zero-order chi connectivity index (χ0) is 15.5. The molecule has 2 rings (SSSR count). The lowest BCUT2D eigenvalue weighted by Gasteiger charge is -2.49. The van der Waals surface area contributed by atoms with Gasteiger partial charge in [-0.2, -0.15) is 0 Å². The summed E-state index contributed by atoms with van der Waals surface area (Å²) in [6, 6.07) is 4.66. The van der Waals surface area contributed by atoms with Gasteiger partial charge in [0.1, 0.15) is 0 Å². The Morgan fingerprint density at radius 1 is 1.52 bits per heavy atom. The lowest BCUT2D eigenvalue weighted by Crippen LogP contribution is -2.63. The Kier molecular flexibility index (Phi) is 5.22. The third-order valence-electron chi connectivity index (χ3n) is 4.90. The van der Waals surface area contributed by atoms with Crippen LogP contribution in [-0.2, 0) is 6.54 Å². The van der Waals surface area contributed by atoms with Crippen molar-refractivity contribution >= 4 is 0 Å². The average molecular weight is 291 g/mol. The molecular formula is C17H29N3O. The number of methoxy groups -OCH3 is 1. The number of rotatable bonds is 5. The summed E-state index contributed by atoms with van der Waals surface area (Å²) in [5.41, 5.74) is 1.36. The predicted molar refractivity (Wildman–Crippen MR) is 86.5 cm³/mol. The maximum absolute atomic E-state index is 5.41. The van der Waals surface area contributed by atoms with Gasteiger partial charge in [-0.3, -0.25) is 4.90 Å². The molecule has 1 N–H and O–H groups in total. The van der Waals surface area contributed by atoms with Gasteiger partial charge in [-0.1, -0.05) is 26.8 Å². The second-order valence-electron chi connectivity index (χ2n) is 6.63. The highest BCUT2D eigenvalue weighted by Gasteiger charge is 2.37. The summed E-state index contributed by atoms with van der Waals surface area (Å²) in [6.07, 6.45) is 2.92. The fourth-order valence-electron chi connectivity index (χ4n) is 2.97. The number of aromatic nitrogens is 1. The molecule has 0 saturated carbocycles. The van der Waals surface area contributed by atoms with E-state index < -0.39 is 0 Å². The highest BCUT2D eigenvalue weighted by molar-refractivity contribution is 5.25. The summed E-state index contributed by atoms with van der Waals surface area (Å²) in [6.45, 7) is 12.2. The summed E-state index contributed by atoms with van der Waals surface area (Å²) in [7, 11) is 1.69. The minimum absolute atomic E-state index is 0.187. The molecule has 1 saturated heterocycles. The fraction of sp³-hybridized carbons (Fsp3) is 0.706. The van der Waals surface area contributed by atoms with Crippen LogP contribution in [0.1, 0.15) is 39.7 Å². The van der Waals surface area contributed by atoms with Crippen molar-refractivity contribution in [2.45, 2.75) is 52.2 Å². The molecule has 2 heterocycles. The maximum Gasteiger partial charge on any atom is 0.217 e. The van der Waals surface area contributed by atoms with Gasteiger partial charge in [-0.05, 0) is 25.3 Å². The van der Waals surface area contributed by atoms with Gasteiger partial charge in [0.2, 0.25) is 5.88 Å². The van der Waals surface area contributed by atoms with Crippen molar-refractivity contribution in [2.75, 3.05) is 20.2 Å². The molecule has 0 aliphatic carbocycles. The number of hydrogen-bond acceptors (Lipinski definition) is 4. The van der Waals surface area contributed by atoms with Gasteiger partial charge in [-0.15, -0.1) is 0 Å². The molecule has 2 unspecified atom stereocenters. The largest absolute Gasteiger partial charge is 0.481 e. The van der Waals surface area contributed by atoms with Crippen LogP contribution in [-0.4, -0.2) is 41.7 Å². The van der Waals surface area contributed by atoms with Gasteiger partial charge in [0.25, 0.3) is 0 Å². The molecule has 1 aromatic heterocycles. The molecule has 2 atom stereocenters. The third-order valence-corrected chi connectivity index (χ3v) is 4.90. The lowest BCUT2D eigenvalue weighted by molar-refractivity contribution is 0.0310. The summed E-state index contributed by atoms with van der Waals surface area (Å²) < 4.78 is 5.41. The van der Waals surface area contributed by atoms with Crippen LogP contribution in [0.4, 0.5) is 0 Å². The SMILES string of the molecule is CCC1(C)CNC(C(C)C)CN1Cc1cccnc1OC. The van der Waals surface area contributed by atoms with Gasteiger partial charge >= 0.3 is 0 Å². The molecule has 1 aliphatic rings. The first-order valence-corrected chi connectivity index (χ1v) is 7.96. The van der Waals surface area contributed by atoms with E-state index >= 15 is 0 Å². The maximum atomic E-state index is 5.41. The normalized spacial score (nSPS) is 27.0. The number of nitrogens with zero attached hydrogens (tertiary/aromatic N) is 2. The van der Waals surface area contributed by atoms with E-state index in [2.05, 4.69) is 49.0 Å². The molecule has 0 aromatic carbocycles. The molecule has 1 aliphatic heterocycles. The van der Waals surface area contributed by atoms with Gasteiger partial charge in [-0.25, -0.2) is 4.98 Å². The first kappa shape index (κ1) is 16.2. The molecular weight excluding hydrogens is 262 g/mol. The molecule has 21 heavy (non-hydrogen) atoms. The Balaban J connectivity index is 2.20. The van der Waals surface area contributed by atoms with Gasteiger partial charge < -0.3 is 10.1 Å². The van der Waals surface area contributed by atoms with Crippen molar-refractivity contribution in [1.82, 2.24) is 15.2 Å². The molecule has 0 spiro atoms. The van der Waals surface area contributed by atoms with E-state index in [1.165, 1.54) is 5.56 Å². The first-order chi connectivity index (χ1) is 10.00. The smallest absolute Gasteiger partial charge is 0.217 e. The summed E-state index contributed by atoms with van der Waals surface area (Å²) in [5.74, 6) is 1.39. The van der Waals surface area contributed by atoms with Crippen LogP contribution in [0, 0.1) is 5.92 Å². The highest BCUT2D eigenvalue weighted by atomic mass is 16.5. The number of piperazine rings is 1. The van der Waals surface area contributed by atoms with Crippen LogP contribution in [0.25, 0.3) is 0 Å². The lowest BCUT2D eigenvalue weighted by atomic mass is 9.89. The molecule has 0 bridgehead atoms. The molecule has 4 heteroatoms. The number of hydrogen-bond donors (Lipinski definition) is 1. The van der Waals surface area contributed by atoms with E-state index in [0.717, 1.165) is 31.9 Å². The quantitative estimate of drug-likeness (QED) is 0.905. The number of pyridine rings is 1. The van der Waals surface area contributed by atoms with E-state index in [0.29, 0.717) is 12.0 Å². The van der Waals surface area contributed by atoms with Crippen LogP contribution in [0.5, 0.6) is 5.88 Å². The molecule has 1 fully saturated rings. The van der Waals surface area contributed by atoms with E-state index in [1.807, 2.05) is 6.07 Å². The molecule has 1 aromatic rings. The van der Waals surface area contributed by atoms with E-state index in [-0.39, 0.29) is 5.54 Å². The zero-order valence-corrected chi connectivity index (χ0v) is 14.0. The van der Waals surface area contributed by atoms with Crippen LogP contribution in [0.3, 0.4) is 0 Å². The Hall–Kier alpha value is -1.13. The Labute approximate surface area is 128 Å². The average Bonchev–Trinajstić information content (AvgIpc) is 2.49. The van der Waals surface area contributed by atoms with Crippen LogP contribution in [0.2, 0.25) is 0 Å². The zero-order valence-electron chi connectivity index (χ0n) is 14.0. The first-order valence-electron chi connectivity index (χ1n) is 7.96. The molecule has 118 valence electrons. The monoisotopic (exact) mass is 291 g/mol. The van der Waals surface area contributed by atoms with Crippen molar-refractivity contribution < 1.29 is 4.74 Å². The standard InChI is InChI=1S/C17H29N3O/c1-6-17(4)12-19-15(13(2)3)11-20(17)10-14-8-7-9-18-16(14)21-5/h7-9,13,15,19H,6,10-12H2,1-5H3. The van der Waals surface area contributed by atoms with Crippen LogP contribution >= 0.6 is 0 Å². The van der Waals surface area contributed by atoms with Gasteiger partial charge in [0.05, 0.1) is 7.11 Å². The van der Waals surface area contributed by atoms with Crippen molar-refractivity contribution in [1.29, 1.82) is 0 Å². The van der Waals surface area contributed by atoms with Crippen molar-refractivity contribution in [3.63, 3.8) is 0 Å². The Bertz CT molecular complexity index is 463. The molecule has 0 radical (unpaired) electrons. The summed E-state index contributed by atoms with van der Waals surface area (Å²) in [5, 5.41) is 3.72. The van der Waals surface area contributed by atoms with Crippen molar-refractivity contribution in [2.24, 2.45) is 5.92 Å². The van der Waals surface area contributed by atoms with E-state index in [4.69, 9.17) is 4.74 Å². The van der Waals surface area contributed by atoms with Gasteiger partial charge in [0, 0.05) is 43.0 Å². The van der Waals surface area contributed by atoms with Crippen molar-refractivity contribution in [3.8, 4) is 5.88 Å². The minimum Gasteiger partial charge on any atom is -0.481 e. The Morgan fingerprint density at radius 3 is 2.90 bits per heavy atom. The number of ether oxygens (including phenoxy) is 1.